The van der Waals surface area contributed by atoms with Gasteiger partial charge in [0.15, 0.2) is 4.77 Å². The van der Waals surface area contributed by atoms with E-state index in [1.807, 2.05) is 36.6 Å². The summed E-state index contributed by atoms with van der Waals surface area (Å²) < 4.78 is 2.81. The average molecular weight is 288 g/mol. The van der Waals surface area contributed by atoms with Crippen molar-refractivity contribution in [1.29, 1.82) is 0 Å². The van der Waals surface area contributed by atoms with Crippen molar-refractivity contribution in [1.82, 2.24) is 9.55 Å². The lowest BCUT2D eigenvalue weighted by molar-refractivity contribution is 0.735. The Kier molecular flexibility index (Phi) is 3.08. The second kappa shape index (κ2) is 4.75. The molecule has 2 heterocycles. The Hall–Kier alpha value is -1.72. The van der Waals surface area contributed by atoms with Gasteiger partial charge in [-0.3, -0.25) is 9.36 Å². The van der Waals surface area contributed by atoms with Gasteiger partial charge in [-0.15, -0.1) is 11.3 Å². The average Bonchev–Trinajstić information content (AvgIpc) is 2.83. The quantitative estimate of drug-likeness (QED) is 0.733. The maximum atomic E-state index is 12.4. The summed E-state index contributed by atoms with van der Waals surface area (Å²) in [7, 11) is 0. The number of thiophene rings is 1. The Morgan fingerprint density at radius 1 is 1.37 bits per heavy atom. The van der Waals surface area contributed by atoms with E-state index in [9.17, 15) is 4.79 Å². The molecule has 0 aliphatic heterocycles. The van der Waals surface area contributed by atoms with Crippen LogP contribution in [-0.4, -0.2) is 9.55 Å². The lowest BCUT2D eigenvalue weighted by Gasteiger charge is -2.07. The standard InChI is InChI=1S/C14H12N2OS2/c1-9-3-2-4-10(7-9)8-16-13(17)12-11(5-6-19-12)15-14(16)18/h2-7H,8H2,1H3,(H,15,18). The smallest absolute Gasteiger partial charge is 0.272 e. The van der Waals surface area contributed by atoms with E-state index in [2.05, 4.69) is 11.1 Å². The van der Waals surface area contributed by atoms with Crippen LogP contribution in [0.4, 0.5) is 0 Å². The number of benzene rings is 1. The second-order valence-corrected chi connectivity index (χ2v) is 5.78. The molecule has 1 aromatic carbocycles. The van der Waals surface area contributed by atoms with Crippen LogP contribution in [-0.2, 0) is 6.54 Å². The first kappa shape index (κ1) is 12.3. The van der Waals surface area contributed by atoms with E-state index in [0.717, 1.165) is 15.8 Å². The molecule has 0 radical (unpaired) electrons. The first-order chi connectivity index (χ1) is 9.15. The molecule has 1 N–H and O–H groups in total. The number of fused-ring (bicyclic) bond motifs is 1. The van der Waals surface area contributed by atoms with Gasteiger partial charge in [-0.25, -0.2) is 0 Å². The molecule has 3 nitrogen and oxygen atoms in total. The Balaban J connectivity index is 2.15. The van der Waals surface area contributed by atoms with E-state index in [1.165, 1.54) is 16.9 Å². The van der Waals surface area contributed by atoms with Crippen LogP contribution in [0.1, 0.15) is 11.1 Å². The summed E-state index contributed by atoms with van der Waals surface area (Å²) in [5, 5.41) is 1.90. The van der Waals surface area contributed by atoms with Crippen molar-refractivity contribution in [2.45, 2.75) is 13.5 Å². The van der Waals surface area contributed by atoms with Gasteiger partial charge in [0.2, 0.25) is 0 Å². The third-order valence-corrected chi connectivity index (χ3v) is 4.24. The van der Waals surface area contributed by atoms with Crippen molar-refractivity contribution in [3.63, 3.8) is 0 Å². The number of nitrogens with one attached hydrogen (secondary N) is 1. The molecule has 5 heteroatoms. The van der Waals surface area contributed by atoms with Crippen molar-refractivity contribution < 1.29 is 0 Å². The van der Waals surface area contributed by atoms with Crippen molar-refractivity contribution in [2.75, 3.05) is 0 Å². The van der Waals surface area contributed by atoms with Crippen LogP contribution in [0.3, 0.4) is 0 Å². The minimum absolute atomic E-state index is 0.0183. The van der Waals surface area contributed by atoms with Crippen LogP contribution in [0.25, 0.3) is 10.2 Å². The summed E-state index contributed by atoms with van der Waals surface area (Å²) in [6.45, 7) is 2.54. The van der Waals surface area contributed by atoms with Crippen LogP contribution in [0.2, 0.25) is 0 Å². The Bertz CT molecular complexity index is 857. The zero-order valence-electron chi connectivity index (χ0n) is 10.3. The highest BCUT2D eigenvalue weighted by atomic mass is 32.1. The number of aromatic nitrogens is 2. The molecule has 0 saturated carbocycles. The number of hydrogen-bond acceptors (Lipinski definition) is 3. The molecular formula is C14H12N2OS2. The molecule has 0 bridgehead atoms. The molecule has 3 aromatic rings. The highest BCUT2D eigenvalue weighted by Gasteiger charge is 2.07. The topological polar surface area (TPSA) is 37.8 Å². The van der Waals surface area contributed by atoms with Gasteiger partial charge in [0.05, 0.1) is 12.1 Å². The first-order valence-corrected chi connectivity index (χ1v) is 7.20. The molecule has 3 rings (SSSR count). The van der Waals surface area contributed by atoms with Crippen molar-refractivity contribution >= 4 is 33.8 Å². The van der Waals surface area contributed by atoms with Crippen molar-refractivity contribution in [2.24, 2.45) is 0 Å². The molecule has 0 saturated heterocycles. The van der Waals surface area contributed by atoms with Crippen LogP contribution in [0.15, 0.2) is 40.5 Å². The third-order valence-electron chi connectivity index (χ3n) is 3.01. The van der Waals surface area contributed by atoms with E-state index in [0.29, 0.717) is 11.3 Å². The first-order valence-electron chi connectivity index (χ1n) is 5.91. The summed E-state index contributed by atoms with van der Waals surface area (Å²) >= 11 is 6.72. The van der Waals surface area contributed by atoms with E-state index >= 15 is 0 Å². The van der Waals surface area contributed by atoms with E-state index in [-0.39, 0.29) is 5.56 Å². The van der Waals surface area contributed by atoms with Gasteiger partial charge >= 0.3 is 0 Å². The largest absolute Gasteiger partial charge is 0.331 e. The monoisotopic (exact) mass is 288 g/mol. The normalized spacial score (nSPS) is 11.0. The molecule has 96 valence electrons. The van der Waals surface area contributed by atoms with Gasteiger partial charge in [-0.2, -0.15) is 0 Å². The van der Waals surface area contributed by atoms with Crippen LogP contribution >= 0.6 is 23.6 Å². The molecule has 0 spiro atoms. The fourth-order valence-corrected chi connectivity index (χ4v) is 3.16. The number of aryl methyl sites for hydroxylation is 1. The van der Waals surface area contributed by atoms with E-state index in [4.69, 9.17) is 12.2 Å². The summed E-state index contributed by atoms with van der Waals surface area (Å²) in [6, 6.07) is 9.99. The zero-order chi connectivity index (χ0) is 13.4. The summed E-state index contributed by atoms with van der Waals surface area (Å²) in [5.41, 5.74) is 3.06. The minimum atomic E-state index is -0.0183. The van der Waals surface area contributed by atoms with Crippen LogP contribution < -0.4 is 5.56 Å². The number of rotatable bonds is 2. The molecule has 19 heavy (non-hydrogen) atoms. The number of H-pyrrole nitrogens is 1. The van der Waals surface area contributed by atoms with Crippen LogP contribution in [0.5, 0.6) is 0 Å². The Morgan fingerprint density at radius 2 is 2.21 bits per heavy atom. The number of hydrogen-bond donors (Lipinski definition) is 1. The van der Waals surface area contributed by atoms with Crippen LogP contribution in [0, 0.1) is 11.7 Å². The fraction of sp³-hybridized carbons (Fsp3) is 0.143. The molecule has 0 amide bonds. The lowest BCUT2D eigenvalue weighted by atomic mass is 10.1. The molecule has 0 atom stereocenters. The fourth-order valence-electron chi connectivity index (χ4n) is 2.11. The Morgan fingerprint density at radius 3 is 3.00 bits per heavy atom. The van der Waals surface area contributed by atoms with E-state index < -0.39 is 0 Å². The molecule has 0 aliphatic carbocycles. The zero-order valence-corrected chi connectivity index (χ0v) is 12.0. The molecular weight excluding hydrogens is 276 g/mol. The molecule has 0 fully saturated rings. The van der Waals surface area contributed by atoms with Gasteiger partial charge in [0.1, 0.15) is 4.70 Å². The number of nitrogens with zero attached hydrogens (tertiary/aromatic N) is 1. The molecule has 0 unspecified atom stereocenters. The highest BCUT2D eigenvalue weighted by molar-refractivity contribution is 7.71. The third kappa shape index (κ3) is 2.27. The summed E-state index contributed by atoms with van der Waals surface area (Å²) in [5.74, 6) is 0. The SMILES string of the molecule is Cc1cccc(Cn2c(=S)[nH]c3ccsc3c2=O)c1. The maximum absolute atomic E-state index is 12.4. The van der Waals surface area contributed by atoms with Crippen molar-refractivity contribution in [3.05, 3.63) is 62.0 Å². The van der Waals surface area contributed by atoms with Gasteiger partial charge in [-0.1, -0.05) is 29.8 Å². The van der Waals surface area contributed by atoms with E-state index in [1.54, 1.807) is 4.57 Å². The van der Waals surface area contributed by atoms with Gasteiger partial charge in [0.25, 0.3) is 5.56 Å². The summed E-state index contributed by atoms with van der Waals surface area (Å²) in [4.78, 5) is 15.5. The van der Waals surface area contributed by atoms with Gasteiger partial charge in [0, 0.05) is 0 Å². The minimum Gasteiger partial charge on any atom is -0.331 e. The molecule has 0 aliphatic rings. The van der Waals surface area contributed by atoms with Crippen molar-refractivity contribution in [3.8, 4) is 0 Å². The molecule has 2 aromatic heterocycles. The van der Waals surface area contributed by atoms with Gasteiger partial charge in [-0.05, 0) is 36.2 Å². The lowest BCUT2D eigenvalue weighted by Crippen LogP contribution is -2.21. The Labute approximate surface area is 119 Å². The predicted octanol–water partition coefficient (Wildman–Crippen LogP) is 3.48. The second-order valence-electron chi connectivity index (χ2n) is 4.47. The number of aromatic amines is 1. The maximum Gasteiger partial charge on any atom is 0.272 e. The predicted molar refractivity (Wildman–Crippen MR) is 81.6 cm³/mol. The highest BCUT2D eigenvalue weighted by Crippen LogP contribution is 2.14. The summed E-state index contributed by atoms with van der Waals surface area (Å²) in [6.07, 6.45) is 0. The van der Waals surface area contributed by atoms with Gasteiger partial charge < -0.3 is 4.98 Å².